The molecule has 19 heavy (non-hydrogen) atoms. The van der Waals surface area contributed by atoms with Gasteiger partial charge in [0.1, 0.15) is 0 Å². The van der Waals surface area contributed by atoms with Gasteiger partial charge in [-0.3, -0.25) is 4.79 Å². The molecule has 0 spiro atoms. The summed E-state index contributed by atoms with van der Waals surface area (Å²) in [5.41, 5.74) is 0. The fraction of sp³-hybridized carbons (Fsp3) is 0.643. The fourth-order valence-corrected chi connectivity index (χ4v) is 2.32. The number of carbonyl (C=O) groups excluding carboxylic acids is 1. The zero-order valence-electron chi connectivity index (χ0n) is 11.5. The molecule has 104 valence electrons. The number of hydrogen-bond donors (Lipinski definition) is 1. The van der Waals surface area contributed by atoms with E-state index in [1.165, 1.54) is 0 Å². The summed E-state index contributed by atoms with van der Waals surface area (Å²) in [6.07, 6.45) is 8.16. The van der Waals surface area contributed by atoms with Crippen LogP contribution in [0.3, 0.4) is 0 Å². The van der Waals surface area contributed by atoms with Gasteiger partial charge in [0, 0.05) is 37.9 Å². The van der Waals surface area contributed by atoms with Gasteiger partial charge < -0.3 is 10.2 Å². The number of unbranched alkanes of at least 4 members (excludes halogenated alkanes) is 1. The first kappa shape index (κ1) is 13.8. The van der Waals surface area contributed by atoms with Crippen molar-refractivity contribution < 1.29 is 4.79 Å². The van der Waals surface area contributed by atoms with E-state index in [9.17, 15) is 4.79 Å². The predicted octanol–water partition coefficient (Wildman–Crippen LogP) is 1.75. The lowest BCUT2D eigenvalue weighted by Crippen LogP contribution is -2.45. The van der Waals surface area contributed by atoms with E-state index in [1.54, 1.807) is 12.4 Å². The van der Waals surface area contributed by atoms with Crippen LogP contribution in [-0.4, -0.2) is 35.0 Å². The molecule has 0 unspecified atom stereocenters. The first-order valence-electron chi connectivity index (χ1n) is 7.11. The number of anilines is 1. The van der Waals surface area contributed by atoms with Crippen molar-refractivity contribution in [2.24, 2.45) is 0 Å². The highest BCUT2D eigenvalue weighted by atomic mass is 16.1. The van der Waals surface area contributed by atoms with Crippen molar-refractivity contribution in [2.45, 2.75) is 45.1 Å². The third kappa shape index (κ3) is 4.19. The van der Waals surface area contributed by atoms with Crippen LogP contribution in [0.2, 0.25) is 0 Å². The molecule has 0 bridgehead atoms. The van der Waals surface area contributed by atoms with Crippen molar-refractivity contribution in [1.29, 1.82) is 0 Å². The van der Waals surface area contributed by atoms with E-state index in [4.69, 9.17) is 0 Å². The molecule has 2 rings (SSSR count). The Balaban J connectivity index is 1.75. The second kappa shape index (κ2) is 7.07. The van der Waals surface area contributed by atoms with Gasteiger partial charge >= 0.3 is 0 Å². The summed E-state index contributed by atoms with van der Waals surface area (Å²) < 4.78 is 0. The van der Waals surface area contributed by atoms with Crippen LogP contribution in [0.4, 0.5) is 5.95 Å². The highest BCUT2D eigenvalue weighted by Gasteiger charge is 2.21. The number of nitrogens with zero attached hydrogens (tertiary/aromatic N) is 3. The lowest BCUT2D eigenvalue weighted by molar-refractivity contribution is -0.122. The highest BCUT2D eigenvalue weighted by molar-refractivity contribution is 5.76. The Morgan fingerprint density at radius 3 is 2.68 bits per heavy atom. The quantitative estimate of drug-likeness (QED) is 0.878. The SMILES string of the molecule is CCCCC(=O)NC1CCN(c2ncccn2)CC1. The molecular formula is C14H22N4O. The summed E-state index contributed by atoms with van der Waals surface area (Å²) in [4.78, 5) is 22.4. The van der Waals surface area contributed by atoms with Crippen molar-refractivity contribution >= 4 is 11.9 Å². The minimum atomic E-state index is 0.191. The molecule has 0 radical (unpaired) electrons. The molecule has 1 aliphatic rings. The molecule has 1 N–H and O–H groups in total. The number of carbonyl (C=O) groups is 1. The molecule has 1 fully saturated rings. The number of nitrogens with one attached hydrogen (secondary N) is 1. The van der Waals surface area contributed by atoms with E-state index in [0.717, 1.165) is 44.7 Å². The topological polar surface area (TPSA) is 58.1 Å². The average molecular weight is 262 g/mol. The van der Waals surface area contributed by atoms with Crippen molar-refractivity contribution in [3.63, 3.8) is 0 Å². The van der Waals surface area contributed by atoms with E-state index in [1.807, 2.05) is 6.07 Å². The van der Waals surface area contributed by atoms with Crippen LogP contribution in [0.5, 0.6) is 0 Å². The van der Waals surface area contributed by atoms with Crippen LogP contribution in [0.1, 0.15) is 39.0 Å². The second-order valence-electron chi connectivity index (χ2n) is 4.98. The third-order valence-corrected chi connectivity index (χ3v) is 3.45. The van der Waals surface area contributed by atoms with Gasteiger partial charge in [-0.2, -0.15) is 0 Å². The molecule has 0 atom stereocenters. The van der Waals surface area contributed by atoms with E-state index >= 15 is 0 Å². The summed E-state index contributed by atoms with van der Waals surface area (Å²) in [7, 11) is 0. The molecule has 1 aromatic rings. The molecule has 5 nitrogen and oxygen atoms in total. The van der Waals surface area contributed by atoms with Gasteiger partial charge in [0.15, 0.2) is 0 Å². The average Bonchev–Trinajstić information content (AvgIpc) is 2.47. The number of hydrogen-bond acceptors (Lipinski definition) is 4. The predicted molar refractivity (Wildman–Crippen MR) is 74.9 cm³/mol. The van der Waals surface area contributed by atoms with Gasteiger partial charge in [-0.25, -0.2) is 9.97 Å². The largest absolute Gasteiger partial charge is 0.353 e. The Hall–Kier alpha value is -1.65. The summed E-state index contributed by atoms with van der Waals surface area (Å²) >= 11 is 0. The van der Waals surface area contributed by atoms with Crippen molar-refractivity contribution in [3.05, 3.63) is 18.5 Å². The van der Waals surface area contributed by atoms with Gasteiger partial charge in [-0.15, -0.1) is 0 Å². The minimum Gasteiger partial charge on any atom is -0.353 e. The molecule has 2 heterocycles. The van der Waals surface area contributed by atoms with Gasteiger partial charge in [0.25, 0.3) is 0 Å². The van der Waals surface area contributed by atoms with Crippen molar-refractivity contribution in [2.75, 3.05) is 18.0 Å². The van der Waals surface area contributed by atoms with E-state index in [0.29, 0.717) is 12.5 Å². The molecule has 1 aromatic heterocycles. The van der Waals surface area contributed by atoms with Gasteiger partial charge in [-0.1, -0.05) is 13.3 Å². The number of amides is 1. The fourth-order valence-electron chi connectivity index (χ4n) is 2.32. The van der Waals surface area contributed by atoms with Crippen LogP contribution in [0.25, 0.3) is 0 Å². The first-order chi connectivity index (χ1) is 9.29. The van der Waals surface area contributed by atoms with Crippen LogP contribution < -0.4 is 10.2 Å². The standard InChI is InChI=1S/C14H22N4O/c1-2-3-5-13(19)17-12-6-10-18(11-7-12)14-15-8-4-9-16-14/h4,8-9,12H,2-3,5-7,10-11H2,1H3,(H,17,19). The van der Waals surface area contributed by atoms with E-state index in [2.05, 4.69) is 27.1 Å². The van der Waals surface area contributed by atoms with Crippen molar-refractivity contribution in [1.82, 2.24) is 15.3 Å². The number of piperidine rings is 1. The number of rotatable bonds is 5. The second-order valence-corrected chi connectivity index (χ2v) is 4.98. The molecule has 1 saturated heterocycles. The Morgan fingerprint density at radius 2 is 2.05 bits per heavy atom. The maximum atomic E-state index is 11.7. The summed E-state index contributed by atoms with van der Waals surface area (Å²) in [5, 5.41) is 3.12. The molecule has 0 saturated carbocycles. The highest BCUT2D eigenvalue weighted by Crippen LogP contribution is 2.15. The van der Waals surface area contributed by atoms with Gasteiger partial charge in [0.05, 0.1) is 0 Å². The lowest BCUT2D eigenvalue weighted by Gasteiger charge is -2.32. The molecule has 5 heteroatoms. The van der Waals surface area contributed by atoms with E-state index in [-0.39, 0.29) is 5.91 Å². The molecule has 1 amide bonds. The van der Waals surface area contributed by atoms with Crippen LogP contribution >= 0.6 is 0 Å². The molecular weight excluding hydrogens is 240 g/mol. The van der Waals surface area contributed by atoms with Crippen LogP contribution in [0.15, 0.2) is 18.5 Å². The Labute approximate surface area is 114 Å². The maximum absolute atomic E-state index is 11.7. The normalized spacial score (nSPS) is 16.4. The number of aromatic nitrogens is 2. The molecule has 1 aliphatic heterocycles. The smallest absolute Gasteiger partial charge is 0.225 e. The van der Waals surface area contributed by atoms with Gasteiger partial charge in [-0.05, 0) is 25.3 Å². The summed E-state index contributed by atoms with van der Waals surface area (Å²) in [6.45, 7) is 3.91. The minimum absolute atomic E-state index is 0.191. The van der Waals surface area contributed by atoms with E-state index < -0.39 is 0 Å². The Kier molecular flexibility index (Phi) is 5.12. The first-order valence-corrected chi connectivity index (χ1v) is 7.11. The van der Waals surface area contributed by atoms with Crippen LogP contribution in [0, 0.1) is 0 Å². The third-order valence-electron chi connectivity index (χ3n) is 3.45. The zero-order valence-corrected chi connectivity index (χ0v) is 11.5. The zero-order chi connectivity index (χ0) is 13.5. The molecule has 0 aliphatic carbocycles. The maximum Gasteiger partial charge on any atom is 0.225 e. The van der Waals surface area contributed by atoms with Crippen LogP contribution in [-0.2, 0) is 4.79 Å². The Morgan fingerprint density at radius 1 is 1.37 bits per heavy atom. The van der Waals surface area contributed by atoms with Crippen molar-refractivity contribution in [3.8, 4) is 0 Å². The summed E-state index contributed by atoms with van der Waals surface area (Å²) in [5.74, 6) is 0.981. The monoisotopic (exact) mass is 262 g/mol. The summed E-state index contributed by atoms with van der Waals surface area (Å²) in [6, 6.07) is 2.13. The molecule has 0 aromatic carbocycles. The Bertz CT molecular complexity index is 388. The van der Waals surface area contributed by atoms with Gasteiger partial charge in [0.2, 0.25) is 11.9 Å². The lowest BCUT2D eigenvalue weighted by atomic mass is 10.0.